The van der Waals surface area contributed by atoms with Crippen LogP contribution in [0.4, 0.5) is 0 Å². The summed E-state index contributed by atoms with van der Waals surface area (Å²) in [5.74, 6) is 0.278. The third kappa shape index (κ3) is 3.29. The van der Waals surface area contributed by atoms with Crippen LogP contribution in [-0.4, -0.2) is 22.8 Å². The van der Waals surface area contributed by atoms with Crippen LogP contribution in [0.1, 0.15) is 32.4 Å². The maximum atomic E-state index is 10.1. The van der Waals surface area contributed by atoms with Crippen molar-refractivity contribution in [3.8, 4) is 0 Å². The predicted molar refractivity (Wildman–Crippen MR) is 59.4 cm³/mol. The summed E-state index contributed by atoms with van der Waals surface area (Å²) < 4.78 is 5.54. The molecule has 0 aliphatic heterocycles. The Kier molecular flexibility index (Phi) is 4.72. The summed E-state index contributed by atoms with van der Waals surface area (Å²) in [7, 11) is 0. The Hall–Kier alpha value is -0.930. The first-order valence-corrected chi connectivity index (χ1v) is 5.36. The molecule has 15 heavy (non-hydrogen) atoms. The van der Waals surface area contributed by atoms with Gasteiger partial charge < -0.3 is 9.84 Å². The Morgan fingerprint density at radius 1 is 1.47 bits per heavy atom. The van der Waals surface area contributed by atoms with Gasteiger partial charge in [-0.2, -0.15) is 0 Å². The fourth-order valence-corrected chi connectivity index (χ4v) is 1.58. The SMILES string of the molecule is CCOC(C(C)C)C(O)c1cccnc1. The summed E-state index contributed by atoms with van der Waals surface area (Å²) in [6, 6.07) is 3.69. The summed E-state index contributed by atoms with van der Waals surface area (Å²) in [6.45, 7) is 6.63. The van der Waals surface area contributed by atoms with Gasteiger partial charge in [-0.05, 0) is 18.9 Å². The van der Waals surface area contributed by atoms with E-state index < -0.39 is 6.10 Å². The molecule has 1 heterocycles. The number of nitrogens with zero attached hydrogens (tertiary/aromatic N) is 1. The second-order valence-electron chi connectivity index (χ2n) is 3.90. The van der Waals surface area contributed by atoms with Crippen molar-refractivity contribution in [1.82, 2.24) is 4.98 Å². The van der Waals surface area contributed by atoms with Crippen LogP contribution < -0.4 is 0 Å². The number of aromatic nitrogens is 1. The molecule has 0 saturated heterocycles. The lowest BCUT2D eigenvalue weighted by Crippen LogP contribution is -2.27. The molecule has 3 heteroatoms. The van der Waals surface area contributed by atoms with E-state index in [0.717, 1.165) is 5.56 Å². The normalized spacial score (nSPS) is 15.3. The average Bonchev–Trinajstić information content (AvgIpc) is 2.26. The number of aliphatic hydroxyl groups is 1. The quantitative estimate of drug-likeness (QED) is 0.808. The molecule has 0 bridgehead atoms. The molecule has 0 aliphatic rings. The second-order valence-corrected chi connectivity index (χ2v) is 3.90. The third-order valence-electron chi connectivity index (χ3n) is 2.35. The maximum Gasteiger partial charge on any atom is 0.107 e. The van der Waals surface area contributed by atoms with Gasteiger partial charge in [-0.3, -0.25) is 4.98 Å². The zero-order chi connectivity index (χ0) is 11.3. The van der Waals surface area contributed by atoms with E-state index in [2.05, 4.69) is 4.98 Å². The zero-order valence-corrected chi connectivity index (χ0v) is 9.55. The summed E-state index contributed by atoms with van der Waals surface area (Å²) >= 11 is 0. The molecule has 0 saturated carbocycles. The highest BCUT2D eigenvalue weighted by atomic mass is 16.5. The lowest BCUT2D eigenvalue weighted by Gasteiger charge is -2.26. The monoisotopic (exact) mass is 209 g/mol. The van der Waals surface area contributed by atoms with Crippen molar-refractivity contribution in [3.05, 3.63) is 30.1 Å². The number of rotatable bonds is 5. The summed E-state index contributed by atoms with van der Waals surface area (Å²) in [4.78, 5) is 3.99. The van der Waals surface area contributed by atoms with Gasteiger partial charge in [0.05, 0.1) is 6.10 Å². The molecule has 1 aromatic rings. The highest BCUT2D eigenvalue weighted by Gasteiger charge is 2.24. The highest BCUT2D eigenvalue weighted by molar-refractivity contribution is 5.13. The molecule has 2 atom stereocenters. The number of ether oxygens (including phenoxy) is 1. The van der Waals surface area contributed by atoms with Crippen LogP contribution in [0.5, 0.6) is 0 Å². The summed E-state index contributed by atoms with van der Waals surface area (Å²) in [5, 5.41) is 10.1. The van der Waals surface area contributed by atoms with E-state index in [0.29, 0.717) is 6.61 Å². The van der Waals surface area contributed by atoms with Crippen LogP contribution in [0.2, 0.25) is 0 Å². The molecule has 1 N–H and O–H groups in total. The van der Waals surface area contributed by atoms with Crippen LogP contribution in [-0.2, 0) is 4.74 Å². The van der Waals surface area contributed by atoms with Crippen LogP contribution >= 0.6 is 0 Å². The highest BCUT2D eigenvalue weighted by Crippen LogP contribution is 2.23. The number of hydrogen-bond donors (Lipinski definition) is 1. The summed E-state index contributed by atoms with van der Waals surface area (Å²) in [6.07, 6.45) is 2.61. The van der Waals surface area contributed by atoms with Gasteiger partial charge in [-0.25, -0.2) is 0 Å². The standard InChI is InChI=1S/C12H19NO2/c1-4-15-12(9(2)3)11(14)10-6-5-7-13-8-10/h5-9,11-12,14H,4H2,1-3H3. The molecule has 0 amide bonds. The van der Waals surface area contributed by atoms with E-state index in [1.54, 1.807) is 12.4 Å². The van der Waals surface area contributed by atoms with Gasteiger partial charge in [-0.15, -0.1) is 0 Å². The minimum Gasteiger partial charge on any atom is -0.386 e. The van der Waals surface area contributed by atoms with Gasteiger partial charge in [0.25, 0.3) is 0 Å². The lowest BCUT2D eigenvalue weighted by atomic mass is 9.97. The molecule has 1 aromatic heterocycles. The van der Waals surface area contributed by atoms with Gasteiger partial charge in [0, 0.05) is 24.6 Å². The topological polar surface area (TPSA) is 42.4 Å². The van der Waals surface area contributed by atoms with E-state index in [1.165, 1.54) is 0 Å². The number of aliphatic hydroxyl groups excluding tert-OH is 1. The molecule has 0 fully saturated rings. The first kappa shape index (κ1) is 12.1. The van der Waals surface area contributed by atoms with E-state index in [-0.39, 0.29) is 12.0 Å². The minimum absolute atomic E-state index is 0.167. The van der Waals surface area contributed by atoms with Crippen molar-refractivity contribution in [2.45, 2.75) is 33.0 Å². The molecule has 2 unspecified atom stereocenters. The average molecular weight is 209 g/mol. The molecule has 1 rings (SSSR count). The van der Waals surface area contributed by atoms with E-state index in [4.69, 9.17) is 4.74 Å². The van der Waals surface area contributed by atoms with E-state index in [1.807, 2.05) is 32.9 Å². The van der Waals surface area contributed by atoms with Crippen LogP contribution in [0.15, 0.2) is 24.5 Å². The lowest BCUT2D eigenvalue weighted by molar-refractivity contribution is -0.0586. The third-order valence-corrected chi connectivity index (χ3v) is 2.35. The van der Waals surface area contributed by atoms with Crippen molar-refractivity contribution in [1.29, 1.82) is 0 Å². The Morgan fingerprint density at radius 2 is 2.20 bits per heavy atom. The maximum absolute atomic E-state index is 10.1. The van der Waals surface area contributed by atoms with Gasteiger partial charge in [0.2, 0.25) is 0 Å². The van der Waals surface area contributed by atoms with E-state index in [9.17, 15) is 5.11 Å². The number of pyridine rings is 1. The van der Waals surface area contributed by atoms with Crippen molar-refractivity contribution < 1.29 is 9.84 Å². The van der Waals surface area contributed by atoms with Crippen molar-refractivity contribution in [2.75, 3.05) is 6.61 Å². The molecule has 3 nitrogen and oxygen atoms in total. The molecule has 0 radical (unpaired) electrons. The Labute approximate surface area is 91.1 Å². The Balaban J connectivity index is 2.76. The minimum atomic E-state index is -0.598. The van der Waals surface area contributed by atoms with Crippen LogP contribution in [0, 0.1) is 5.92 Å². The van der Waals surface area contributed by atoms with E-state index >= 15 is 0 Å². The molecule has 0 spiro atoms. The first-order chi connectivity index (χ1) is 7.16. The van der Waals surface area contributed by atoms with Gasteiger partial charge in [0.15, 0.2) is 0 Å². The van der Waals surface area contributed by atoms with Crippen LogP contribution in [0.3, 0.4) is 0 Å². The largest absolute Gasteiger partial charge is 0.386 e. The zero-order valence-electron chi connectivity index (χ0n) is 9.55. The molecular formula is C12H19NO2. The van der Waals surface area contributed by atoms with Gasteiger partial charge in [-0.1, -0.05) is 19.9 Å². The van der Waals surface area contributed by atoms with Crippen molar-refractivity contribution >= 4 is 0 Å². The predicted octanol–water partition coefficient (Wildman–Crippen LogP) is 2.18. The second kappa shape index (κ2) is 5.83. The molecular weight excluding hydrogens is 190 g/mol. The van der Waals surface area contributed by atoms with Crippen molar-refractivity contribution in [3.63, 3.8) is 0 Å². The molecule has 0 aliphatic carbocycles. The first-order valence-electron chi connectivity index (χ1n) is 5.36. The van der Waals surface area contributed by atoms with Crippen LogP contribution in [0.25, 0.3) is 0 Å². The molecule has 84 valence electrons. The van der Waals surface area contributed by atoms with Crippen molar-refractivity contribution in [2.24, 2.45) is 5.92 Å². The smallest absolute Gasteiger partial charge is 0.107 e. The number of hydrogen-bond acceptors (Lipinski definition) is 3. The molecule has 0 aromatic carbocycles. The fraction of sp³-hybridized carbons (Fsp3) is 0.583. The summed E-state index contributed by atoms with van der Waals surface area (Å²) in [5.41, 5.74) is 0.810. The Morgan fingerprint density at radius 3 is 2.67 bits per heavy atom. The van der Waals surface area contributed by atoms with Gasteiger partial charge in [0.1, 0.15) is 6.10 Å². The fourth-order valence-electron chi connectivity index (χ4n) is 1.58. The Bertz CT molecular complexity index is 274. The van der Waals surface area contributed by atoms with Gasteiger partial charge >= 0.3 is 0 Å².